The van der Waals surface area contributed by atoms with Crippen LogP contribution in [0.25, 0.3) is 0 Å². The summed E-state index contributed by atoms with van der Waals surface area (Å²) in [7, 11) is 0. The first kappa shape index (κ1) is 12.0. The molecular formula is C14H20OS. The Bertz CT molecular complexity index is 367. The van der Waals surface area contributed by atoms with Crippen molar-refractivity contribution in [1.82, 2.24) is 0 Å². The fourth-order valence-electron chi connectivity index (χ4n) is 2.56. The van der Waals surface area contributed by atoms with Gasteiger partial charge in [-0.3, -0.25) is 0 Å². The van der Waals surface area contributed by atoms with Crippen LogP contribution in [0.5, 0.6) is 0 Å². The second kappa shape index (κ2) is 4.80. The maximum absolute atomic E-state index is 10.7. The van der Waals surface area contributed by atoms with Gasteiger partial charge < -0.3 is 5.11 Å². The Labute approximate surface area is 102 Å². The zero-order chi connectivity index (χ0) is 11.6. The van der Waals surface area contributed by atoms with Gasteiger partial charge in [0.25, 0.3) is 0 Å². The predicted octanol–water partition coefficient (Wildman–Crippen LogP) is 3.87. The molecular weight excluding hydrogens is 216 g/mol. The maximum atomic E-state index is 10.7. The zero-order valence-electron chi connectivity index (χ0n) is 10.1. The van der Waals surface area contributed by atoms with E-state index in [4.69, 9.17) is 0 Å². The molecule has 0 radical (unpaired) electrons. The third-order valence-corrected chi connectivity index (χ3v) is 4.21. The number of rotatable bonds is 2. The summed E-state index contributed by atoms with van der Waals surface area (Å²) in [6, 6.07) is 6.48. The summed E-state index contributed by atoms with van der Waals surface area (Å²) in [5.74, 6) is 0. The minimum atomic E-state index is -0.561. The van der Waals surface area contributed by atoms with Crippen LogP contribution < -0.4 is 0 Å². The molecule has 0 aromatic heterocycles. The first-order valence-corrected chi connectivity index (χ1v) is 7.25. The van der Waals surface area contributed by atoms with Crippen molar-refractivity contribution < 1.29 is 5.11 Å². The van der Waals surface area contributed by atoms with E-state index in [1.807, 2.05) is 0 Å². The highest BCUT2D eigenvalue weighted by Crippen LogP contribution is 2.38. The molecule has 0 aliphatic heterocycles. The lowest BCUT2D eigenvalue weighted by molar-refractivity contribution is -0.000855. The third-order valence-electron chi connectivity index (χ3n) is 3.50. The minimum absolute atomic E-state index is 0.561. The topological polar surface area (TPSA) is 20.2 Å². The summed E-state index contributed by atoms with van der Waals surface area (Å²) >= 11 is 1.75. The average molecular weight is 236 g/mol. The molecule has 2 heteroatoms. The lowest BCUT2D eigenvalue weighted by Crippen LogP contribution is -2.28. The van der Waals surface area contributed by atoms with Gasteiger partial charge in [-0.05, 0) is 49.3 Å². The third kappa shape index (κ3) is 2.44. The Morgan fingerprint density at radius 3 is 2.44 bits per heavy atom. The molecule has 1 N–H and O–H groups in total. The highest BCUT2D eigenvalue weighted by atomic mass is 32.2. The Morgan fingerprint density at radius 1 is 1.12 bits per heavy atom. The number of hydrogen-bond acceptors (Lipinski definition) is 2. The van der Waals surface area contributed by atoms with Gasteiger partial charge in [0.15, 0.2) is 0 Å². The summed E-state index contributed by atoms with van der Waals surface area (Å²) in [5.41, 5.74) is 1.81. The zero-order valence-corrected chi connectivity index (χ0v) is 10.9. The van der Waals surface area contributed by atoms with Gasteiger partial charge in [0.2, 0.25) is 0 Å². The predicted molar refractivity (Wildman–Crippen MR) is 69.9 cm³/mol. The highest BCUT2D eigenvalue weighted by Gasteiger charge is 2.31. The van der Waals surface area contributed by atoms with Crippen LogP contribution >= 0.6 is 11.8 Å². The van der Waals surface area contributed by atoms with E-state index >= 15 is 0 Å². The summed E-state index contributed by atoms with van der Waals surface area (Å²) in [6.45, 7) is 2.11. The van der Waals surface area contributed by atoms with Gasteiger partial charge >= 0.3 is 0 Å². The molecule has 1 aromatic carbocycles. The van der Waals surface area contributed by atoms with Crippen LogP contribution in [0.15, 0.2) is 23.1 Å². The number of hydrogen-bond donors (Lipinski definition) is 1. The van der Waals surface area contributed by atoms with Crippen molar-refractivity contribution in [2.24, 2.45) is 0 Å². The molecule has 0 spiro atoms. The normalized spacial score (nSPS) is 19.7. The smallest absolute Gasteiger partial charge is 0.0897 e. The quantitative estimate of drug-likeness (QED) is 0.787. The first-order chi connectivity index (χ1) is 7.64. The molecule has 1 nitrogen and oxygen atoms in total. The van der Waals surface area contributed by atoms with Crippen molar-refractivity contribution in [3.05, 3.63) is 29.3 Å². The van der Waals surface area contributed by atoms with Crippen LogP contribution in [0.3, 0.4) is 0 Å². The van der Waals surface area contributed by atoms with Gasteiger partial charge in [0, 0.05) is 4.90 Å². The Kier molecular flexibility index (Phi) is 3.60. The summed E-state index contributed by atoms with van der Waals surface area (Å²) in [6.07, 6.45) is 7.50. The van der Waals surface area contributed by atoms with E-state index in [0.717, 1.165) is 31.2 Å². The van der Waals surface area contributed by atoms with E-state index in [0.29, 0.717) is 0 Å². The molecule has 0 unspecified atom stereocenters. The van der Waals surface area contributed by atoms with E-state index in [2.05, 4.69) is 31.4 Å². The highest BCUT2D eigenvalue weighted by molar-refractivity contribution is 7.98. The Balaban J connectivity index is 2.34. The molecule has 0 saturated heterocycles. The average Bonchev–Trinajstić information content (AvgIpc) is 2.29. The molecule has 1 aromatic rings. The second-order valence-corrected chi connectivity index (χ2v) is 5.71. The maximum Gasteiger partial charge on any atom is 0.0897 e. The second-order valence-electron chi connectivity index (χ2n) is 4.83. The summed E-state index contributed by atoms with van der Waals surface area (Å²) in [4.78, 5) is 1.26. The van der Waals surface area contributed by atoms with Crippen molar-refractivity contribution in [3.8, 4) is 0 Å². The Hall–Kier alpha value is -0.470. The standard InChI is InChI=1S/C14H20OS/c1-11-8-12(10-13(9-11)16-2)14(15)6-4-3-5-7-14/h8-10,15H,3-7H2,1-2H3. The van der Waals surface area contributed by atoms with Gasteiger partial charge in [-0.15, -0.1) is 11.8 Å². The van der Waals surface area contributed by atoms with Crippen LogP contribution in [0.2, 0.25) is 0 Å². The van der Waals surface area contributed by atoms with Gasteiger partial charge in [-0.25, -0.2) is 0 Å². The van der Waals surface area contributed by atoms with Crippen molar-refractivity contribution in [2.75, 3.05) is 6.26 Å². The molecule has 1 aliphatic carbocycles. The van der Waals surface area contributed by atoms with Crippen LogP contribution in [0.4, 0.5) is 0 Å². The fraction of sp³-hybridized carbons (Fsp3) is 0.571. The lowest BCUT2D eigenvalue weighted by atomic mass is 9.79. The molecule has 88 valence electrons. The summed E-state index contributed by atoms with van der Waals surface area (Å²) < 4.78 is 0. The van der Waals surface area contributed by atoms with Crippen molar-refractivity contribution in [1.29, 1.82) is 0 Å². The largest absolute Gasteiger partial charge is 0.385 e. The van der Waals surface area contributed by atoms with Gasteiger partial charge in [-0.1, -0.05) is 25.3 Å². The van der Waals surface area contributed by atoms with E-state index in [1.165, 1.54) is 16.9 Å². The Morgan fingerprint density at radius 2 is 1.81 bits per heavy atom. The van der Waals surface area contributed by atoms with Crippen LogP contribution in [0, 0.1) is 6.92 Å². The van der Waals surface area contributed by atoms with Crippen LogP contribution in [-0.2, 0) is 5.60 Å². The lowest BCUT2D eigenvalue weighted by Gasteiger charge is -2.33. The fourth-order valence-corrected chi connectivity index (χ4v) is 3.11. The minimum Gasteiger partial charge on any atom is -0.385 e. The van der Waals surface area contributed by atoms with Crippen molar-refractivity contribution in [2.45, 2.75) is 49.5 Å². The molecule has 16 heavy (non-hydrogen) atoms. The molecule has 0 bridgehead atoms. The summed E-state index contributed by atoms with van der Waals surface area (Å²) in [5, 5.41) is 10.7. The molecule has 0 atom stereocenters. The van der Waals surface area contributed by atoms with Crippen molar-refractivity contribution in [3.63, 3.8) is 0 Å². The molecule has 1 aliphatic rings. The van der Waals surface area contributed by atoms with E-state index in [9.17, 15) is 5.11 Å². The van der Waals surface area contributed by atoms with Crippen LogP contribution in [0.1, 0.15) is 43.2 Å². The SMILES string of the molecule is CSc1cc(C)cc(C2(O)CCCCC2)c1. The van der Waals surface area contributed by atoms with E-state index in [-0.39, 0.29) is 0 Å². The molecule has 2 rings (SSSR count). The van der Waals surface area contributed by atoms with E-state index in [1.54, 1.807) is 11.8 Å². The monoisotopic (exact) mass is 236 g/mol. The molecule has 1 fully saturated rings. The van der Waals surface area contributed by atoms with Crippen LogP contribution in [-0.4, -0.2) is 11.4 Å². The van der Waals surface area contributed by atoms with Gasteiger partial charge in [-0.2, -0.15) is 0 Å². The van der Waals surface area contributed by atoms with Crippen molar-refractivity contribution >= 4 is 11.8 Å². The number of thioether (sulfide) groups is 1. The van der Waals surface area contributed by atoms with Gasteiger partial charge in [0.1, 0.15) is 0 Å². The molecule has 1 saturated carbocycles. The number of aliphatic hydroxyl groups is 1. The van der Waals surface area contributed by atoms with Gasteiger partial charge in [0.05, 0.1) is 5.60 Å². The molecule has 0 amide bonds. The number of aryl methyl sites for hydroxylation is 1. The first-order valence-electron chi connectivity index (χ1n) is 6.03. The van der Waals surface area contributed by atoms with E-state index < -0.39 is 5.60 Å². The molecule has 0 heterocycles. The number of benzene rings is 1.